The van der Waals surface area contributed by atoms with Gasteiger partial charge in [-0.25, -0.2) is 9.59 Å². The van der Waals surface area contributed by atoms with Crippen molar-refractivity contribution in [3.05, 3.63) is 28.8 Å². The zero-order chi connectivity index (χ0) is 14.8. The molecule has 0 unspecified atom stereocenters. The van der Waals surface area contributed by atoms with Crippen molar-refractivity contribution in [1.29, 1.82) is 0 Å². The molecule has 2 rings (SSSR count). The monoisotopic (exact) mass is 280 g/mol. The second-order valence-electron chi connectivity index (χ2n) is 3.95. The maximum Gasteiger partial charge on any atom is 0.345 e. The lowest BCUT2D eigenvalue weighted by atomic mass is 9.92. The molecule has 0 bridgehead atoms. The number of nitrogens with zero attached hydrogens (tertiary/aromatic N) is 2. The molecule has 0 aromatic carbocycles. The van der Waals surface area contributed by atoms with Crippen molar-refractivity contribution in [2.45, 2.75) is 5.79 Å². The largest absolute Gasteiger partial charge is 0.465 e. The van der Waals surface area contributed by atoms with E-state index in [1.807, 2.05) is 0 Å². The predicted molar refractivity (Wildman–Crippen MR) is 63.5 cm³/mol. The SMILES string of the molecule is COC(=O)C1=CC2(OCCO2)C(C(=O)OC)=CC1=[N+]=[N-]. The van der Waals surface area contributed by atoms with E-state index in [1.165, 1.54) is 26.4 Å². The maximum absolute atomic E-state index is 11.8. The van der Waals surface area contributed by atoms with Crippen LogP contribution in [0.2, 0.25) is 0 Å². The lowest BCUT2D eigenvalue weighted by Crippen LogP contribution is -2.40. The molecule has 0 N–H and O–H groups in total. The van der Waals surface area contributed by atoms with Gasteiger partial charge in [-0.1, -0.05) is 0 Å². The summed E-state index contributed by atoms with van der Waals surface area (Å²) in [5.41, 5.74) is 8.75. The van der Waals surface area contributed by atoms with Gasteiger partial charge in [0.25, 0.3) is 0 Å². The third-order valence-corrected chi connectivity index (χ3v) is 2.90. The van der Waals surface area contributed by atoms with Crippen LogP contribution in [0.25, 0.3) is 5.53 Å². The lowest BCUT2D eigenvalue weighted by molar-refractivity contribution is -0.147. The predicted octanol–water partition coefficient (Wildman–Crippen LogP) is -0.387. The molecule has 8 heteroatoms. The molecule has 2 aliphatic rings. The number of allylic oxidation sites excluding steroid dienone is 1. The quantitative estimate of drug-likeness (QED) is 0.387. The highest BCUT2D eigenvalue weighted by Crippen LogP contribution is 2.35. The van der Waals surface area contributed by atoms with Crippen LogP contribution in [0, 0.1) is 0 Å². The molecule has 1 saturated heterocycles. The Morgan fingerprint density at radius 3 is 2.35 bits per heavy atom. The topological polar surface area (TPSA) is 107 Å². The van der Waals surface area contributed by atoms with Crippen LogP contribution in [-0.2, 0) is 28.5 Å². The van der Waals surface area contributed by atoms with Gasteiger partial charge in [-0.05, 0) is 0 Å². The molecule has 106 valence electrons. The zero-order valence-corrected chi connectivity index (χ0v) is 10.9. The van der Waals surface area contributed by atoms with E-state index >= 15 is 0 Å². The van der Waals surface area contributed by atoms with E-state index in [4.69, 9.17) is 15.0 Å². The summed E-state index contributed by atoms with van der Waals surface area (Å²) in [6.45, 7) is 0.482. The third kappa shape index (κ3) is 2.16. The van der Waals surface area contributed by atoms with Crippen LogP contribution in [0.3, 0.4) is 0 Å². The van der Waals surface area contributed by atoms with E-state index in [1.54, 1.807) is 0 Å². The van der Waals surface area contributed by atoms with E-state index in [0.717, 1.165) is 0 Å². The smallest absolute Gasteiger partial charge is 0.345 e. The van der Waals surface area contributed by atoms with Crippen LogP contribution >= 0.6 is 0 Å². The molecule has 20 heavy (non-hydrogen) atoms. The first-order chi connectivity index (χ1) is 9.57. The van der Waals surface area contributed by atoms with Crippen molar-refractivity contribution < 1.29 is 33.3 Å². The van der Waals surface area contributed by atoms with E-state index in [9.17, 15) is 9.59 Å². The first-order valence-corrected chi connectivity index (χ1v) is 5.70. The van der Waals surface area contributed by atoms with Crippen LogP contribution in [0.1, 0.15) is 0 Å². The maximum atomic E-state index is 11.8. The zero-order valence-electron chi connectivity index (χ0n) is 10.9. The van der Waals surface area contributed by atoms with E-state index in [-0.39, 0.29) is 30.1 Å². The van der Waals surface area contributed by atoms with Crippen molar-refractivity contribution in [3.8, 4) is 0 Å². The Balaban J connectivity index is 2.56. The van der Waals surface area contributed by atoms with Gasteiger partial charge >= 0.3 is 17.7 Å². The van der Waals surface area contributed by atoms with Gasteiger partial charge in [-0.15, -0.1) is 0 Å². The molecule has 8 nitrogen and oxygen atoms in total. The molecule has 0 saturated carbocycles. The van der Waals surface area contributed by atoms with Crippen molar-refractivity contribution in [3.63, 3.8) is 0 Å². The molecule has 1 spiro atoms. The molecule has 0 aromatic heterocycles. The average Bonchev–Trinajstić information content (AvgIpc) is 2.94. The van der Waals surface area contributed by atoms with E-state index in [2.05, 4.69) is 14.3 Å². The van der Waals surface area contributed by atoms with Crippen LogP contribution in [0.15, 0.2) is 23.3 Å². The van der Waals surface area contributed by atoms with E-state index < -0.39 is 17.7 Å². The number of carbonyl (C=O) groups is 2. The molecule has 0 atom stereocenters. The molecule has 1 fully saturated rings. The second-order valence-corrected chi connectivity index (χ2v) is 3.95. The highest BCUT2D eigenvalue weighted by molar-refractivity contribution is 6.24. The van der Waals surface area contributed by atoms with Crippen molar-refractivity contribution in [2.75, 3.05) is 27.4 Å². The van der Waals surface area contributed by atoms with Gasteiger partial charge in [0.15, 0.2) is 5.57 Å². The van der Waals surface area contributed by atoms with Crippen LogP contribution < -0.4 is 0 Å². The van der Waals surface area contributed by atoms with Crippen molar-refractivity contribution in [1.82, 2.24) is 0 Å². The summed E-state index contributed by atoms with van der Waals surface area (Å²) in [4.78, 5) is 26.5. The van der Waals surface area contributed by atoms with E-state index in [0.29, 0.717) is 0 Å². The molecule has 1 aliphatic heterocycles. The fraction of sp³-hybridized carbons (Fsp3) is 0.417. The summed E-state index contributed by atoms with van der Waals surface area (Å²) in [5, 5.41) is 0. The van der Waals surface area contributed by atoms with Crippen LogP contribution in [-0.4, -0.2) is 55.7 Å². The number of methoxy groups -OCH3 is 2. The molecule has 0 aromatic rings. The first-order valence-electron chi connectivity index (χ1n) is 5.70. The first kappa shape index (κ1) is 14.1. The summed E-state index contributed by atoms with van der Waals surface area (Å²) in [7, 11) is 2.38. The van der Waals surface area contributed by atoms with Gasteiger partial charge in [0.05, 0.1) is 27.4 Å². The standard InChI is InChI=1S/C12H12N2O6/c1-17-10(15)7-6-12(19-3-4-20-12)8(11(16)18-2)5-9(7)14-13/h5-6H,3-4H2,1-2H3. The fourth-order valence-electron chi connectivity index (χ4n) is 1.99. The van der Waals surface area contributed by atoms with Gasteiger partial charge < -0.3 is 24.5 Å². The Bertz CT molecular complexity index is 564. The third-order valence-electron chi connectivity index (χ3n) is 2.90. The highest BCUT2D eigenvalue weighted by atomic mass is 16.7. The summed E-state index contributed by atoms with van der Waals surface area (Å²) < 4.78 is 20.1. The Labute approximate surface area is 114 Å². The average molecular weight is 280 g/mol. The van der Waals surface area contributed by atoms with Gasteiger partial charge in [0.1, 0.15) is 5.57 Å². The Morgan fingerprint density at radius 2 is 1.85 bits per heavy atom. The summed E-state index contributed by atoms with van der Waals surface area (Å²) in [6.07, 6.45) is 2.41. The summed E-state index contributed by atoms with van der Waals surface area (Å²) in [6, 6.07) is 0. The molecule has 1 heterocycles. The Kier molecular flexibility index (Phi) is 3.80. The Hall–Kier alpha value is -2.28. The minimum absolute atomic E-state index is 0.0158. The van der Waals surface area contributed by atoms with Crippen LogP contribution in [0.5, 0.6) is 0 Å². The second kappa shape index (κ2) is 5.38. The minimum Gasteiger partial charge on any atom is -0.465 e. The summed E-state index contributed by atoms with van der Waals surface area (Å²) >= 11 is 0. The number of hydrogen-bond acceptors (Lipinski definition) is 6. The van der Waals surface area contributed by atoms with Gasteiger partial charge in [-0.2, -0.15) is 4.79 Å². The molecular weight excluding hydrogens is 268 g/mol. The molecule has 1 aliphatic carbocycles. The fourth-order valence-corrected chi connectivity index (χ4v) is 1.99. The Morgan fingerprint density at radius 1 is 1.25 bits per heavy atom. The van der Waals surface area contributed by atoms with Gasteiger partial charge in [-0.3, -0.25) is 0 Å². The van der Waals surface area contributed by atoms with Gasteiger partial charge in [0, 0.05) is 12.2 Å². The number of carbonyl (C=O) groups excluding carboxylic acids is 2. The number of hydrogen-bond donors (Lipinski definition) is 0. The van der Waals surface area contributed by atoms with Crippen molar-refractivity contribution >= 4 is 17.7 Å². The normalized spacial score (nSPS) is 20.0. The minimum atomic E-state index is -1.52. The van der Waals surface area contributed by atoms with Gasteiger partial charge in [0.2, 0.25) is 5.79 Å². The van der Waals surface area contributed by atoms with Crippen LogP contribution in [0.4, 0.5) is 0 Å². The number of esters is 2. The number of rotatable bonds is 2. The van der Waals surface area contributed by atoms with Crippen molar-refractivity contribution in [2.24, 2.45) is 0 Å². The lowest BCUT2D eigenvalue weighted by Gasteiger charge is -2.27. The molecular formula is C12H12N2O6. The molecule has 0 radical (unpaired) electrons. The summed E-state index contributed by atoms with van der Waals surface area (Å²) in [5.74, 6) is -2.98. The highest BCUT2D eigenvalue weighted by Gasteiger charge is 2.49. The number of ether oxygens (including phenoxy) is 4. The molecule has 0 amide bonds.